The molecule has 0 amide bonds. The molecule has 0 fully saturated rings. The van der Waals surface area contributed by atoms with Crippen molar-refractivity contribution in [3.05, 3.63) is 0 Å². The molecule has 0 rings (SSSR count). The maximum absolute atomic E-state index is 4.20. The molecule has 13 heavy (non-hydrogen) atoms. The molecule has 0 aliphatic carbocycles. The molecule has 0 nitrogen and oxygen atoms in total. The zero-order valence-corrected chi connectivity index (χ0v) is 10.3. The minimum absolute atomic E-state index is 0.893. The lowest BCUT2D eigenvalue weighted by molar-refractivity contribution is 0.511. The number of hydrogen-bond acceptors (Lipinski definition) is 1. The molecule has 0 aliphatic heterocycles. The lowest BCUT2D eigenvalue weighted by atomic mass is 10.0. The summed E-state index contributed by atoms with van der Waals surface area (Å²) in [5, 5.41) is 0. The third kappa shape index (κ3) is 12.4. The van der Waals surface area contributed by atoms with E-state index in [0.29, 0.717) is 0 Å². The number of rotatable bonds is 9. The van der Waals surface area contributed by atoms with Crippen molar-refractivity contribution in [1.82, 2.24) is 0 Å². The fraction of sp³-hybridized carbons (Fsp3) is 1.00. The molecule has 0 unspecified atom stereocenters. The smallest absolute Gasteiger partial charge is 0.00979 e. The van der Waals surface area contributed by atoms with Crippen LogP contribution in [0, 0.1) is 5.92 Å². The summed E-state index contributed by atoms with van der Waals surface area (Å²) >= 11 is 4.20. The van der Waals surface area contributed by atoms with Gasteiger partial charge in [0, 0.05) is 0 Å². The van der Waals surface area contributed by atoms with E-state index in [9.17, 15) is 0 Å². The first-order chi connectivity index (χ1) is 6.27. The van der Waals surface area contributed by atoms with Crippen molar-refractivity contribution < 1.29 is 0 Å². The Hall–Kier alpha value is 0.350. The van der Waals surface area contributed by atoms with Gasteiger partial charge in [0.05, 0.1) is 0 Å². The quantitative estimate of drug-likeness (QED) is 0.407. The second-order valence-electron chi connectivity index (χ2n) is 4.38. The highest BCUT2D eigenvalue weighted by atomic mass is 32.1. The second-order valence-corrected chi connectivity index (χ2v) is 4.83. The lowest BCUT2D eigenvalue weighted by Crippen LogP contribution is -1.87. The van der Waals surface area contributed by atoms with Gasteiger partial charge in [0.25, 0.3) is 0 Å². The van der Waals surface area contributed by atoms with E-state index in [0.717, 1.165) is 11.7 Å². The highest BCUT2D eigenvalue weighted by molar-refractivity contribution is 7.80. The third-order valence-corrected chi connectivity index (χ3v) is 2.76. The van der Waals surface area contributed by atoms with Gasteiger partial charge in [-0.25, -0.2) is 0 Å². The van der Waals surface area contributed by atoms with E-state index in [1.54, 1.807) is 0 Å². The molecular weight excluding hydrogens is 176 g/mol. The van der Waals surface area contributed by atoms with Gasteiger partial charge in [0.2, 0.25) is 0 Å². The molecule has 0 aromatic carbocycles. The van der Waals surface area contributed by atoms with Crippen LogP contribution >= 0.6 is 12.6 Å². The predicted molar refractivity (Wildman–Crippen MR) is 65.6 cm³/mol. The maximum Gasteiger partial charge on any atom is -0.00979 e. The Bertz CT molecular complexity index is 89.1. The van der Waals surface area contributed by atoms with Crippen LogP contribution in [0.3, 0.4) is 0 Å². The van der Waals surface area contributed by atoms with Crippen LogP contribution in [-0.2, 0) is 0 Å². The van der Waals surface area contributed by atoms with E-state index in [2.05, 4.69) is 26.5 Å². The van der Waals surface area contributed by atoms with Crippen molar-refractivity contribution in [3.63, 3.8) is 0 Å². The monoisotopic (exact) mass is 202 g/mol. The van der Waals surface area contributed by atoms with Gasteiger partial charge in [-0.15, -0.1) is 0 Å². The van der Waals surface area contributed by atoms with Crippen LogP contribution in [-0.4, -0.2) is 5.75 Å². The molecule has 0 aromatic heterocycles. The van der Waals surface area contributed by atoms with Crippen LogP contribution in [0.5, 0.6) is 0 Å². The fourth-order valence-corrected chi connectivity index (χ4v) is 1.77. The highest BCUT2D eigenvalue weighted by Gasteiger charge is 1.94. The SMILES string of the molecule is CC(C)CCCCCCCCCS. The molecule has 0 saturated carbocycles. The summed E-state index contributed by atoms with van der Waals surface area (Å²) in [5.41, 5.74) is 0. The standard InChI is InChI=1S/C12H26S/c1-12(2)10-8-6-4-3-5-7-9-11-13/h12-13H,3-11H2,1-2H3. The largest absolute Gasteiger partial charge is 0.179 e. The van der Waals surface area contributed by atoms with E-state index in [1.807, 2.05) is 0 Å². The normalized spacial score (nSPS) is 11.1. The third-order valence-electron chi connectivity index (χ3n) is 2.44. The van der Waals surface area contributed by atoms with E-state index in [1.165, 1.54) is 51.4 Å². The van der Waals surface area contributed by atoms with Crippen LogP contribution < -0.4 is 0 Å². The van der Waals surface area contributed by atoms with Gasteiger partial charge < -0.3 is 0 Å². The first-order valence-corrected chi connectivity index (χ1v) is 6.51. The molecule has 0 aliphatic rings. The summed E-state index contributed by atoms with van der Waals surface area (Å²) < 4.78 is 0. The molecule has 0 heterocycles. The van der Waals surface area contributed by atoms with Crippen LogP contribution in [0.15, 0.2) is 0 Å². The van der Waals surface area contributed by atoms with Crippen molar-refractivity contribution in [1.29, 1.82) is 0 Å². The fourth-order valence-electron chi connectivity index (χ4n) is 1.55. The minimum atomic E-state index is 0.893. The van der Waals surface area contributed by atoms with E-state index in [4.69, 9.17) is 0 Å². The molecule has 0 bridgehead atoms. The maximum atomic E-state index is 4.20. The second kappa shape index (κ2) is 10.4. The van der Waals surface area contributed by atoms with Gasteiger partial charge in [-0.3, -0.25) is 0 Å². The zero-order valence-electron chi connectivity index (χ0n) is 9.39. The molecule has 0 spiro atoms. The van der Waals surface area contributed by atoms with Gasteiger partial charge in [-0.1, -0.05) is 58.8 Å². The van der Waals surface area contributed by atoms with Crippen molar-refractivity contribution in [3.8, 4) is 0 Å². The van der Waals surface area contributed by atoms with Crippen molar-refractivity contribution in [2.45, 2.75) is 65.2 Å². The van der Waals surface area contributed by atoms with Gasteiger partial charge in [-0.05, 0) is 18.1 Å². The first-order valence-electron chi connectivity index (χ1n) is 5.88. The lowest BCUT2D eigenvalue weighted by Gasteiger charge is -2.03. The Morgan fingerprint density at radius 1 is 0.769 bits per heavy atom. The van der Waals surface area contributed by atoms with Crippen LogP contribution in [0.4, 0.5) is 0 Å². The van der Waals surface area contributed by atoms with Gasteiger partial charge >= 0.3 is 0 Å². The topological polar surface area (TPSA) is 0 Å². The van der Waals surface area contributed by atoms with Crippen molar-refractivity contribution >= 4 is 12.6 Å². The number of thiol groups is 1. The predicted octanol–water partition coefficient (Wildman–Crippen LogP) is 4.69. The molecule has 0 radical (unpaired) electrons. The van der Waals surface area contributed by atoms with E-state index in [-0.39, 0.29) is 0 Å². The number of unbranched alkanes of at least 4 members (excludes halogenated alkanes) is 6. The molecule has 0 aromatic rings. The van der Waals surface area contributed by atoms with Gasteiger partial charge in [0.15, 0.2) is 0 Å². The molecular formula is C12H26S. The highest BCUT2D eigenvalue weighted by Crippen LogP contribution is 2.11. The summed E-state index contributed by atoms with van der Waals surface area (Å²) in [4.78, 5) is 0. The Labute approximate surface area is 89.9 Å². The summed E-state index contributed by atoms with van der Waals surface area (Å²) in [6, 6.07) is 0. The minimum Gasteiger partial charge on any atom is -0.179 e. The zero-order chi connectivity index (χ0) is 9.94. The number of hydrogen-bond donors (Lipinski definition) is 1. The first kappa shape index (κ1) is 13.4. The van der Waals surface area contributed by atoms with Crippen LogP contribution in [0.1, 0.15) is 65.2 Å². The van der Waals surface area contributed by atoms with E-state index < -0.39 is 0 Å². The molecule has 1 heteroatoms. The van der Waals surface area contributed by atoms with E-state index >= 15 is 0 Å². The van der Waals surface area contributed by atoms with Crippen LogP contribution in [0.25, 0.3) is 0 Å². The average Bonchev–Trinajstić information content (AvgIpc) is 2.09. The summed E-state index contributed by atoms with van der Waals surface area (Å²) in [5.74, 6) is 1.96. The molecule has 80 valence electrons. The van der Waals surface area contributed by atoms with Crippen molar-refractivity contribution in [2.75, 3.05) is 5.75 Å². The van der Waals surface area contributed by atoms with Crippen molar-refractivity contribution in [2.24, 2.45) is 5.92 Å². The van der Waals surface area contributed by atoms with Crippen LogP contribution in [0.2, 0.25) is 0 Å². The Morgan fingerprint density at radius 3 is 1.69 bits per heavy atom. The molecule has 0 atom stereocenters. The molecule has 0 N–H and O–H groups in total. The summed E-state index contributed by atoms with van der Waals surface area (Å²) in [6.07, 6.45) is 11.3. The Morgan fingerprint density at radius 2 is 1.23 bits per heavy atom. The molecule has 0 saturated heterocycles. The summed E-state index contributed by atoms with van der Waals surface area (Å²) in [7, 11) is 0. The Kier molecular flexibility index (Phi) is 10.7. The average molecular weight is 202 g/mol. The summed E-state index contributed by atoms with van der Waals surface area (Å²) in [6.45, 7) is 4.62. The van der Waals surface area contributed by atoms with Gasteiger partial charge in [0.1, 0.15) is 0 Å². The Balaban J connectivity index is 2.84. The van der Waals surface area contributed by atoms with Gasteiger partial charge in [-0.2, -0.15) is 12.6 Å².